The van der Waals surface area contributed by atoms with Gasteiger partial charge in [-0.25, -0.2) is 0 Å². The average molecular weight is 387 g/mol. The first-order valence-corrected chi connectivity index (χ1v) is 10.4. The number of unbranched alkanes of at least 4 members (excludes halogenated alkanes) is 1. The predicted molar refractivity (Wildman–Crippen MR) is 103 cm³/mol. The van der Waals surface area contributed by atoms with Gasteiger partial charge >= 0.3 is 0 Å². The molecule has 6 heteroatoms. The number of ether oxygens (including phenoxy) is 3. The molecule has 158 valence electrons. The summed E-state index contributed by atoms with van der Waals surface area (Å²) in [4.78, 5) is 0. The number of hydrogen-bond donors (Lipinski definition) is 3. The van der Waals surface area contributed by atoms with E-state index in [9.17, 15) is 15.3 Å². The fourth-order valence-electron chi connectivity index (χ4n) is 3.64. The summed E-state index contributed by atoms with van der Waals surface area (Å²) in [5, 5.41) is 30.7. The summed E-state index contributed by atoms with van der Waals surface area (Å²) >= 11 is 0. The molecule has 0 spiro atoms. The van der Waals surface area contributed by atoms with E-state index in [-0.39, 0.29) is 24.0 Å². The van der Waals surface area contributed by atoms with E-state index in [0.717, 1.165) is 25.0 Å². The first-order chi connectivity index (χ1) is 12.8. The van der Waals surface area contributed by atoms with E-state index in [1.807, 2.05) is 19.9 Å². The molecule has 2 fully saturated rings. The molecule has 0 bridgehead atoms. The smallest absolute Gasteiger partial charge is 0.107 e. The fourth-order valence-corrected chi connectivity index (χ4v) is 3.64. The van der Waals surface area contributed by atoms with E-state index in [2.05, 4.69) is 6.92 Å². The molecule has 2 saturated heterocycles. The number of rotatable bonds is 11. The van der Waals surface area contributed by atoms with Crippen molar-refractivity contribution < 1.29 is 29.5 Å². The third kappa shape index (κ3) is 6.80. The predicted octanol–water partition coefficient (Wildman–Crippen LogP) is 2.05. The van der Waals surface area contributed by atoms with Crippen LogP contribution < -0.4 is 0 Å². The van der Waals surface area contributed by atoms with Gasteiger partial charge in [-0.05, 0) is 33.1 Å². The lowest BCUT2D eigenvalue weighted by Gasteiger charge is -2.38. The Balaban J connectivity index is 1.74. The van der Waals surface area contributed by atoms with Crippen molar-refractivity contribution in [3.05, 3.63) is 11.6 Å². The number of epoxide rings is 1. The highest BCUT2D eigenvalue weighted by atomic mass is 16.6. The van der Waals surface area contributed by atoms with Crippen LogP contribution in [0.25, 0.3) is 0 Å². The van der Waals surface area contributed by atoms with Crippen LogP contribution in [0.5, 0.6) is 0 Å². The zero-order chi connectivity index (χ0) is 20.0. The normalized spacial score (nSPS) is 36.5. The number of hydrogen-bond acceptors (Lipinski definition) is 6. The molecule has 2 aliphatic heterocycles. The van der Waals surface area contributed by atoms with Gasteiger partial charge in [0, 0.05) is 18.4 Å². The third-order valence-electron chi connectivity index (χ3n) is 5.89. The van der Waals surface area contributed by atoms with Crippen molar-refractivity contribution in [1.29, 1.82) is 0 Å². The lowest BCUT2D eigenvalue weighted by Crippen LogP contribution is -2.50. The SMILES string of the molecule is CCCCOC/C=C(\C)C[C@@H]1OCC(C[C@@H]2O[C@H]2[C@@H](C)[C@H](C)O)[C@@H](O)[C@H]1O. The molecule has 3 N–H and O–H groups in total. The Bertz CT molecular complexity index is 466. The molecule has 0 radical (unpaired) electrons. The van der Waals surface area contributed by atoms with Crippen LogP contribution in [0.15, 0.2) is 11.6 Å². The second-order valence-corrected chi connectivity index (χ2v) is 8.27. The lowest BCUT2D eigenvalue weighted by atomic mass is 9.85. The quantitative estimate of drug-likeness (QED) is 0.286. The molecule has 0 saturated carbocycles. The second kappa shape index (κ2) is 10.9. The minimum atomic E-state index is -0.903. The Hall–Kier alpha value is -0.500. The maximum absolute atomic E-state index is 10.5. The van der Waals surface area contributed by atoms with Crippen molar-refractivity contribution in [2.45, 2.75) is 90.0 Å². The number of aliphatic hydroxyl groups excluding tert-OH is 3. The van der Waals surface area contributed by atoms with Gasteiger partial charge in [-0.2, -0.15) is 0 Å². The van der Waals surface area contributed by atoms with E-state index in [4.69, 9.17) is 14.2 Å². The van der Waals surface area contributed by atoms with Gasteiger partial charge in [0.15, 0.2) is 0 Å². The standard InChI is InChI=1S/C21H38O6/c1-5-6-8-25-9-7-13(2)10-17-20(24)19(23)16(12-26-17)11-18-21(27-18)14(3)15(4)22/h7,14-24H,5-6,8-12H2,1-4H3/b13-7+/t14-,15-,16?,17-,18-,19+,20-,21-/m0/s1. The van der Waals surface area contributed by atoms with Gasteiger partial charge < -0.3 is 29.5 Å². The highest BCUT2D eigenvalue weighted by Crippen LogP contribution is 2.38. The first kappa shape index (κ1) is 22.8. The van der Waals surface area contributed by atoms with Gasteiger partial charge in [0.25, 0.3) is 0 Å². The van der Waals surface area contributed by atoms with Crippen molar-refractivity contribution in [2.24, 2.45) is 11.8 Å². The molecule has 27 heavy (non-hydrogen) atoms. The Kier molecular flexibility index (Phi) is 9.19. The largest absolute Gasteiger partial charge is 0.393 e. The van der Waals surface area contributed by atoms with Gasteiger partial charge in [0.05, 0.1) is 43.7 Å². The summed E-state index contributed by atoms with van der Waals surface area (Å²) < 4.78 is 17.1. The molecule has 6 nitrogen and oxygen atoms in total. The molecule has 2 rings (SSSR count). The van der Waals surface area contributed by atoms with Crippen LogP contribution in [-0.4, -0.2) is 71.8 Å². The van der Waals surface area contributed by atoms with E-state index >= 15 is 0 Å². The highest BCUT2D eigenvalue weighted by Gasteiger charge is 2.48. The van der Waals surface area contributed by atoms with Crippen molar-refractivity contribution >= 4 is 0 Å². The summed E-state index contributed by atoms with van der Waals surface area (Å²) in [6, 6.07) is 0. The molecule has 8 atom stereocenters. The third-order valence-corrected chi connectivity index (χ3v) is 5.89. The number of aliphatic hydroxyl groups is 3. The molecule has 1 unspecified atom stereocenters. The van der Waals surface area contributed by atoms with Crippen LogP contribution in [0.3, 0.4) is 0 Å². The molecule has 0 aliphatic carbocycles. The van der Waals surface area contributed by atoms with Gasteiger partial charge in [-0.15, -0.1) is 0 Å². The van der Waals surface area contributed by atoms with Gasteiger partial charge in [-0.1, -0.05) is 31.9 Å². The van der Waals surface area contributed by atoms with E-state index in [1.165, 1.54) is 0 Å². The van der Waals surface area contributed by atoms with Crippen LogP contribution >= 0.6 is 0 Å². The van der Waals surface area contributed by atoms with E-state index in [1.54, 1.807) is 6.92 Å². The van der Waals surface area contributed by atoms with Crippen LogP contribution in [0.1, 0.15) is 53.4 Å². The Labute approximate surface area is 163 Å². The van der Waals surface area contributed by atoms with E-state index in [0.29, 0.717) is 26.1 Å². The van der Waals surface area contributed by atoms with Crippen LogP contribution in [-0.2, 0) is 14.2 Å². The zero-order valence-corrected chi connectivity index (χ0v) is 17.2. The Morgan fingerprint density at radius 2 is 1.96 bits per heavy atom. The average Bonchev–Trinajstić information content (AvgIpc) is 3.39. The monoisotopic (exact) mass is 386 g/mol. The molecule has 2 heterocycles. The van der Waals surface area contributed by atoms with Crippen LogP contribution in [0, 0.1) is 11.8 Å². The summed E-state index contributed by atoms with van der Waals surface area (Å²) in [5.74, 6) is -0.0734. The molecular formula is C21H38O6. The zero-order valence-electron chi connectivity index (χ0n) is 17.2. The highest BCUT2D eigenvalue weighted by molar-refractivity contribution is 5.03. The van der Waals surface area contributed by atoms with Gasteiger partial charge in [0.2, 0.25) is 0 Å². The minimum Gasteiger partial charge on any atom is -0.393 e. The van der Waals surface area contributed by atoms with Gasteiger partial charge in [-0.3, -0.25) is 0 Å². The summed E-state index contributed by atoms with van der Waals surface area (Å²) in [7, 11) is 0. The molecule has 0 aromatic carbocycles. The summed E-state index contributed by atoms with van der Waals surface area (Å²) in [6.07, 6.45) is 2.97. The topological polar surface area (TPSA) is 91.7 Å². The van der Waals surface area contributed by atoms with Crippen LogP contribution in [0.4, 0.5) is 0 Å². The minimum absolute atomic E-state index is 0.0310. The van der Waals surface area contributed by atoms with Crippen molar-refractivity contribution in [3.8, 4) is 0 Å². The summed E-state index contributed by atoms with van der Waals surface area (Å²) in [6.45, 7) is 9.61. The van der Waals surface area contributed by atoms with Crippen molar-refractivity contribution in [2.75, 3.05) is 19.8 Å². The second-order valence-electron chi connectivity index (χ2n) is 8.27. The van der Waals surface area contributed by atoms with E-state index < -0.39 is 24.4 Å². The Morgan fingerprint density at radius 1 is 1.22 bits per heavy atom. The molecular weight excluding hydrogens is 348 g/mol. The van der Waals surface area contributed by atoms with Crippen molar-refractivity contribution in [1.82, 2.24) is 0 Å². The lowest BCUT2D eigenvalue weighted by molar-refractivity contribution is -0.165. The van der Waals surface area contributed by atoms with Crippen molar-refractivity contribution in [3.63, 3.8) is 0 Å². The molecule has 0 aromatic rings. The van der Waals surface area contributed by atoms with Crippen LogP contribution in [0.2, 0.25) is 0 Å². The van der Waals surface area contributed by atoms with Gasteiger partial charge in [0.1, 0.15) is 6.10 Å². The first-order valence-electron chi connectivity index (χ1n) is 10.4. The molecule has 0 aromatic heterocycles. The maximum atomic E-state index is 10.5. The molecule has 2 aliphatic rings. The summed E-state index contributed by atoms with van der Waals surface area (Å²) in [5.41, 5.74) is 1.09. The molecule has 0 amide bonds. The fraction of sp³-hybridized carbons (Fsp3) is 0.905. The maximum Gasteiger partial charge on any atom is 0.107 e. The Morgan fingerprint density at radius 3 is 2.63 bits per heavy atom.